The minimum atomic E-state index is -0.256. The summed E-state index contributed by atoms with van der Waals surface area (Å²) in [6, 6.07) is 3.90. The second-order valence-corrected chi connectivity index (χ2v) is 6.24. The van der Waals surface area contributed by atoms with Crippen molar-refractivity contribution in [2.75, 3.05) is 12.4 Å². The van der Waals surface area contributed by atoms with E-state index in [2.05, 4.69) is 30.8 Å². The molecular weight excluding hydrogens is 320 g/mol. The Morgan fingerprint density at radius 2 is 1.80 bits per heavy atom. The quantitative estimate of drug-likeness (QED) is 0.830. The van der Waals surface area contributed by atoms with E-state index in [9.17, 15) is 4.79 Å². The van der Waals surface area contributed by atoms with Crippen LogP contribution >= 0.6 is 0 Å². The molecular formula is C17H24N6O2. The number of amides is 1. The highest BCUT2D eigenvalue weighted by molar-refractivity contribution is 5.93. The summed E-state index contributed by atoms with van der Waals surface area (Å²) >= 11 is 0. The standard InChI is InChI=1S/C17H24N6O2/c1-9(2)12-8-14(22-23-15(12)16(24)18-6)20-13-7-11(5)19-17(21-13)25-10(3)4/h7-10H,1-6H3,(H,18,24)(H,19,20,21,22). The summed E-state index contributed by atoms with van der Waals surface area (Å²) in [5.41, 5.74) is 1.90. The Morgan fingerprint density at radius 1 is 1.08 bits per heavy atom. The fourth-order valence-corrected chi connectivity index (χ4v) is 2.20. The van der Waals surface area contributed by atoms with E-state index >= 15 is 0 Å². The first-order valence-corrected chi connectivity index (χ1v) is 8.19. The number of anilines is 2. The zero-order valence-electron chi connectivity index (χ0n) is 15.4. The van der Waals surface area contributed by atoms with Gasteiger partial charge in [-0.3, -0.25) is 4.79 Å². The zero-order chi connectivity index (χ0) is 18.6. The summed E-state index contributed by atoms with van der Waals surface area (Å²) in [7, 11) is 1.57. The molecule has 0 radical (unpaired) electrons. The lowest BCUT2D eigenvalue weighted by atomic mass is 10.0. The van der Waals surface area contributed by atoms with Crippen LogP contribution in [0.3, 0.4) is 0 Å². The molecule has 2 heterocycles. The van der Waals surface area contributed by atoms with E-state index in [-0.39, 0.29) is 17.9 Å². The molecule has 8 nitrogen and oxygen atoms in total. The van der Waals surface area contributed by atoms with E-state index in [0.717, 1.165) is 11.3 Å². The zero-order valence-corrected chi connectivity index (χ0v) is 15.4. The molecule has 0 aliphatic carbocycles. The van der Waals surface area contributed by atoms with E-state index in [0.29, 0.717) is 23.3 Å². The molecule has 0 saturated heterocycles. The minimum absolute atomic E-state index is 0.0196. The molecule has 2 N–H and O–H groups in total. The molecule has 0 aromatic carbocycles. The minimum Gasteiger partial charge on any atom is -0.461 e. The summed E-state index contributed by atoms with van der Waals surface area (Å²) in [6.45, 7) is 9.68. The first kappa shape index (κ1) is 18.6. The maximum Gasteiger partial charge on any atom is 0.318 e. The Kier molecular flexibility index (Phi) is 5.84. The van der Waals surface area contributed by atoms with Crippen LogP contribution in [-0.4, -0.2) is 39.2 Å². The topological polar surface area (TPSA) is 102 Å². The number of nitrogens with zero attached hydrogens (tertiary/aromatic N) is 4. The van der Waals surface area contributed by atoms with Gasteiger partial charge in [-0.15, -0.1) is 10.2 Å². The second kappa shape index (κ2) is 7.87. The van der Waals surface area contributed by atoms with Crippen LogP contribution < -0.4 is 15.4 Å². The number of rotatable bonds is 6. The number of hydrogen-bond donors (Lipinski definition) is 2. The van der Waals surface area contributed by atoms with Crippen LogP contribution in [-0.2, 0) is 0 Å². The second-order valence-electron chi connectivity index (χ2n) is 6.24. The van der Waals surface area contributed by atoms with Gasteiger partial charge in [0.2, 0.25) is 0 Å². The third-order valence-corrected chi connectivity index (χ3v) is 3.32. The molecule has 8 heteroatoms. The lowest BCUT2D eigenvalue weighted by Crippen LogP contribution is -2.22. The third-order valence-electron chi connectivity index (χ3n) is 3.32. The van der Waals surface area contributed by atoms with Gasteiger partial charge >= 0.3 is 6.01 Å². The van der Waals surface area contributed by atoms with Gasteiger partial charge in [-0.25, -0.2) is 4.98 Å². The van der Waals surface area contributed by atoms with Gasteiger partial charge in [-0.05, 0) is 38.3 Å². The summed E-state index contributed by atoms with van der Waals surface area (Å²) in [4.78, 5) is 20.5. The summed E-state index contributed by atoms with van der Waals surface area (Å²) in [6.07, 6.45) is -0.0196. The molecule has 1 amide bonds. The first-order valence-electron chi connectivity index (χ1n) is 8.19. The highest BCUT2D eigenvalue weighted by Gasteiger charge is 2.17. The molecule has 2 aromatic rings. The van der Waals surface area contributed by atoms with E-state index in [1.54, 1.807) is 13.1 Å². The molecule has 25 heavy (non-hydrogen) atoms. The van der Waals surface area contributed by atoms with Crippen LogP contribution in [0.15, 0.2) is 12.1 Å². The molecule has 134 valence electrons. The average Bonchev–Trinajstić information content (AvgIpc) is 2.52. The first-order chi connectivity index (χ1) is 11.8. The predicted molar refractivity (Wildman–Crippen MR) is 95.3 cm³/mol. The Labute approximate surface area is 147 Å². The number of ether oxygens (including phenoxy) is 1. The number of nitrogens with one attached hydrogen (secondary N) is 2. The van der Waals surface area contributed by atoms with Gasteiger partial charge in [-0.1, -0.05) is 13.8 Å². The van der Waals surface area contributed by atoms with Crippen LogP contribution in [0.5, 0.6) is 6.01 Å². The van der Waals surface area contributed by atoms with Crippen molar-refractivity contribution in [1.29, 1.82) is 0 Å². The van der Waals surface area contributed by atoms with Crippen molar-refractivity contribution < 1.29 is 9.53 Å². The van der Waals surface area contributed by atoms with Crippen LogP contribution in [0.4, 0.5) is 11.6 Å². The van der Waals surface area contributed by atoms with Gasteiger partial charge in [0.05, 0.1) is 6.10 Å². The van der Waals surface area contributed by atoms with Crippen molar-refractivity contribution >= 4 is 17.5 Å². The smallest absolute Gasteiger partial charge is 0.318 e. The summed E-state index contributed by atoms with van der Waals surface area (Å²) in [5, 5.41) is 13.8. The van der Waals surface area contributed by atoms with E-state index in [4.69, 9.17) is 4.74 Å². The van der Waals surface area contributed by atoms with Crippen LogP contribution in [0.25, 0.3) is 0 Å². The van der Waals surface area contributed by atoms with Crippen molar-refractivity contribution in [3.63, 3.8) is 0 Å². The summed E-state index contributed by atoms with van der Waals surface area (Å²) < 4.78 is 5.55. The monoisotopic (exact) mass is 344 g/mol. The van der Waals surface area contributed by atoms with Gasteiger partial charge in [0.1, 0.15) is 5.82 Å². The number of carbonyl (C=O) groups excluding carboxylic acids is 1. The molecule has 0 atom stereocenters. The number of carbonyl (C=O) groups is 1. The van der Waals surface area contributed by atoms with E-state index < -0.39 is 0 Å². The molecule has 0 aliphatic rings. The average molecular weight is 344 g/mol. The van der Waals surface area contributed by atoms with Gasteiger partial charge < -0.3 is 15.4 Å². The third kappa shape index (κ3) is 4.85. The fraction of sp³-hybridized carbons (Fsp3) is 0.471. The van der Waals surface area contributed by atoms with Gasteiger partial charge in [0.25, 0.3) is 5.91 Å². The molecule has 0 bridgehead atoms. The van der Waals surface area contributed by atoms with Gasteiger partial charge in [-0.2, -0.15) is 4.98 Å². The van der Waals surface area contributed by atoms with Crippen molar-refractivity contribution in [3.8, 4) is 6.01 Å². The molecule has 0 aliphatic heterocycles. The van der Waals surface area contributed by atoms with Gasteiger partial charge in [0, 0.05) is 18.8 Å². The van der Waals surface area contributed by atoms with E-state index in [1.165, 1.54) is 0 Å². The van der Waals surface area contributed by atoms with Crippen molar-refractivity contribution in [3.05, 3.63) is 29.1 Å². The molecule has 2 aromatic heterocycles. The Morgan fingerprint density at radius 3 is 2.40 bits per heavy atom. The number of aryl methyl sites for hydroxylation is 1. The molecule has 0 saturated carbocycles. The predicted octanol–water partition coefficient (Wildman–Crippen LogP) is 2.59. The van der Waals surface area contributed by atoms with E-state index in [1.807, 2.05) is 40.7 Å². The lowest BCUT2D eigenvalue weighted by molar-refractivity contribution is 0.0955. The Hall–Kier alpha value is -2.77. The number of aromatic nitrogens is 4. The molecule has 0 spiro atoms. The lowest BCUT2D eigenvalue weighted by Gasteiger charge is -2.13. The number of hydrogen-bond acceptors (Lipinski definition) is 7. The Balaban J connectivity index is 2.33. The van der Waals surface area contributed by atoms with Crippen LogP contribution in [0.1, 0.15) is 55.4 Å². The SMILES string of the molecule is CNC(=O)c1nnc(Nc2cc(C)nc(OC(C)C)n2)cc1C(C)C. The normalized spacial score (nSPS) is 10.9. The maximum absolute atomic E-state index is 11.9. The highest BCUT2D eigenvalue weighted by Crippen LogP contribution is 2.22. The maximum atomic E-state index is 11.9. The van der Waals surface area contributed by atoms with Gasteiger partial charge in [0.15, 0.2) is 11.5 Å². The summed E-state index contributed by atoms with van der Waals surface area (Å²) in [5.74, 6) is 0.924. The molecule has 2 rings (SSSR count). The Bertz CT molecular complexity index is 761. The van der Waals surface area contributed by atoms with Crippen molar-refractivity contribution in [2.45, 2.75) is 46.6 Å². The highest BCUT2D eigenvalue weighted by atomic mass is 16.5. The van der Waals surface area contributed by atoms with Crippen LogP contribution in [0, 0.1) is 6.92 Å². The van der Waals surface area contributed by atoms with Crippen molar-refractivity contribution in [1.82, 2.24) is 25.5 Å². The molecule has 0 fully saturated rings. The van der Waals surface area contributed by atoms with Crippen LogP contribution in [0.2, 0.25) is 0 Å². The molecule has 0 unspecified atom stereocenters. The largest absolute Gasteiger partial charge is 0.461 e. The fourth-order valence-electron chi connectivity index (χ4n) is 2.20. The van der Waals surface area contributed by atoms with Crippen molar-refractivity contribution in [2.24, 2.45) is 0 Å².